The molecular formula is C23H28ClN3. The number of hydrogen-bond acceptors (Lipinski definition) is 2. The molecule has 3 heterocycles. The molecule has 0 fully saturated rings. The minimum absolute atomic E-state index is 0.584. The van der Waals surface area contributed by atoms with Gasteiger partial charge >= 0.3 is 0 Å². The van der Waals surface area contributed by atoms with Crippen LogP contribution in [0.3, 0.4) is 0 Å². The second-order valence-electron chi connectivity index (χ2n) is 8.15. The molecule has 0 saturated heterocycles. The molecule has 0 unspecified atom stereocenters. The Morgan fingerprint density at radius 2 is 1.89 bits per heavy atom. The van der Waals surface area contributed by atoms with Crippen LogP contribution in [-0.2, 0) is 19.5 Å². The second kappa shape index (κ2) is 7.20. The van der Waals surface area contributed by atoms with Crippen molar-refractivity contribution in [3.05, 3.63) is 57.9 Å². The summed E-state index contributed by atoms with van der Waals surface area (Å²) in [6.45, 7) is 11.9. The molecule has 2 aromatic heterocycles. The SMILES string of the molecule is Cc1c(C)n(CCC(C)C)c2c(N3CCc4ccccc4C3)cc(Cl)nc12. The lowest BCUT2D eigenvalue weighted by Crippen LogP contribution is -2.30. The Morgan fingerprint density at radius 1 is 1.15 bits per heavy atom. The fourth-order valence-corrected chi connectivity index (χ4v) is 4.36. The van der Waals surface area contributed by atoms with Crippen molar-refractivity contribution in [3.8, 4) is 0 Å². The Labute approximate surface area is 167 Å². The fraction of sp³-hybridized carbons (Fsp3) is 0.435. The van der Waals surface area contributed by atoms with Crippen LogP contribution in [0.1, 0.15) is 42.7 Å². The van der Waals surface area contributed by atoms with Crippen LogP contribution >= 0.6 is 11.6 Å². The number of pyridine rings is 1. The number of fused-ring (bicyclic) bond motifs is 2. The molecule has 0 N–H and O–H groups in total. The first-order chi connectivity index (χ1) is 13.0. The van der Waals surface area contributed by atoms with E-state index in [1.165, 1.54) is 33.6 Å². The van der Waals surface area contributed by atoms with Gasteiger partial charge in [-0.3, -0.25) is 0 Å². The molecule has 142 valence electrons. The lowest BCUT2D eigenvalue weighted by atomic mass is 9.99. The summed E-state index contributed by atoms with van der Waals surface area (Å²) in [7, 11) is 0. The highest BCUT2D eigenvalue weighted by Crippen LogP contribution is 2.36. The molecule has 3 nitrogen and oxygen atoms in total. The van der Waals surface area contributed by atoms with E-state index in [4.69, 9.17) is 16.6 Å². The minimum atomic E-state index is 0.584. The molecule has 4 rings (SSSR count). The zero-order valence-electron chi connectivity index (χ0n) is 16.7. The monoisotopic (exact) mass is 381 g/mol. The Kier molecular flexibility index (Phi) is 4.90. The van der Waals surface area contributed by atoms with Crippen molar-refractivity contribution >= 4 is 28.3 Å². The first kappa shape index (κ1) is 18.4. The number of benzene rings is 1. The van der Waals surface area contributed by atoms with Gasteiger partial charge in [0.05, 0.1) is 16.7 Å². The van der Waals surface area contributed by atoms with Crippen LogP contribution in [0, 0.1) is 19.8 Å². The van der Waals surface area contributed by atoms with Gasteiger partial charge in [0, 0.05) is 31.4 Å². The van der Waals surface area contributed by atoms with Crippen LogP contribution in [0.25, 0.3) is 11.0 Å². The highest BCUT2D eigenvalue weighted by Gasteiger charge is 2.23. The lowest BCUT2D eigenvalue weighted by molar-refractivity contribution is 0.519. The third-order valence-corrected chi connectivity index (χ3v) is 6.11. The Morgan fingerprint density at radius 3 is 2.63 bits per heavy atom. The molecule has 1 aromatic carbocycles. The Bertz CT molecular complexity index is 987. The van der Waals surface area contributed by atoms with Crippen molar-refractivity contribution in [1.29, 1.82) is 0 Å². The highest BCUT2D eigenvalue weighted by atomic mass is 35.5. The van der Waals surface area contributed by atoms with E-state index in [9.17, 15) is 0 Å². The van der Waals surface area contributed by atoms with Gasteiger partial charge in [0.2, 0.25) is 0 Å². The van der Waals surface area contributed by atoms with E-state index in [1.807, 2.05) is 0 Å². The van der Waals surface area contributed by atoms with Gasteiger partial charge in [0.1, 0.15) is 5.15 Å². The van der Waals surface area contributed by atoms with Crippen LogP contribution in [0.5, 0.6) is 0 Å². The Hall–Kier alpha value is -2.00. The Balaban J connectivity index is 1.84. The number of anilines is 1. The maximum atomic E-state index is 6.46. The fourth-order valence-electron chi connectivity index (χ4n) is 4.17. The first-order valence-corrected chi connectivity index (χ1v) is 10.3. The zero-order chi connectivity index (χ0) is 19.1. The topological polar surface area (TPSA) is 21.1 Å². The maximum Gasteiger partial charge on any atom is 0.131 e. The molecule has 0 bridgehead atoms. The van der Waals surface area contributed by atoms with Crippen molar-refractivity contribution in [2.75, 3.05) is 11.4 Å². The van der Waals surface area contributed by atoms with Crippen molar-refractivity contribution in [1.82, 2.24) is 9.55 Å². The van der Waals surface area contributed by atoms with Crippen LogP contribution < -0.4 is 4.90 Å². The van der Waals surface area contributed by atoms with Crippen LogP contribution in [0.15, 0.2) is 30.3 Å². The van der Waals surface area contributed by atoms with Crippen molar-refractivity contribution in [2.24, 2.45) is 5.92 Å². The van der Waals surface area contributed by atoms with E-state index < -0.39 is 0 Å². The number of hydrogen-bond donors (Lipinski definition) is 0. The van der Waals surface area contributed by atoms with Crippen LogP contribution in [0.2, 0.25) is 5.15 Å². The summed E-state index contributed by atoms with van der Waals surface area (Å²) in [5.41, 5.74) is 8.95. The van der Waals surface area contributed by atoms with Gasteiger partial charge in [-0.1, -0.05) is 49.7 Å². The van der Waals surface area contributed by atoms with Crippen molar-refractivity contribution in [2.45, 2.75) is 53.6 Å². The van der Waals surface area contributed by atoms with Crippen molar-refractivity contribution in [3.63, 3.8) is 0 Å². The molecule has 0 atom stereocenters. The second-order valence-corrected chi connectivity index (χ2v) is 8.53. The van der Waals surface area contributed by atoms with E-state index in [1.54, 1.807) is 0 Å². The smallest absolute Gasteiger partial charge is 0.131 e. The largest absolute Gasteiger partial charge is 0.365 e. The van der Waals surface area contributed by atoms with E-state index >= 15 is 0 Å². The molecule has 3 aromatic rings. The van der Waals surface area contributed by atoms with Gasteiger partial charge in [0.25, 0.3) is 0 Å². The molecular weight excluding hydrogens is 354 g/mol. The average molecular weight is 382 g/mol. The molecule has 1 aliphatic heterocycles. The van der Waals surface area contributed by atoms with Gasteiger partial charge < -0.3 is 9.47 Å². The summed E-state index contributed by atoms with van der Waals surface area (Å²) in [5.74, 6) is 0.674. The standard InChI is InChI=1S/C23H28ClN3/c1-15(2)9-12-27-17(4)16(3)22-23(27)20(13-21(24)25-22)26-11-10-18-7-5-6-8-19(18)14-26/h5-8,13,15H,9-12,14H2,1-4H3. The van der Waals surface area contributed by atoms with E-state index in [0.717, 1.165) is 38.0 Å². The molecule has 4 heteroatoms. The third kappa shape index (κ3) is 3.34. The number of aromatic nitrogens is 2. The summed E-state index contributed by atoms with van der Waals surface area (Å²) < 4.78 is 2.46. The summed E-state index contributed by atoms with van der Waals surface area (Å²) >= 11 is 6.46. The lowest BCUT2D eigenvalue weighted by Gasteiger charge is -2.31. The van der Waals surface area contributed by atoms with E-state index in [0.29, 0.717) is 11.1 Å². The van der Waals surface area contributed by atoms with Gasteiger partial charge in [-0.2, -0.15) is 0 Å². The minimum Gasteiger partial charge on any atom is -0.365 e. The first-order valence-electron chi connectivity index (χ1n) is 9.93. The normalized spacial score (nSPS) is 14.2. The highest BCUT2D eigenvalue weighted by molar-refractivity contribution is 6.30. The number of nitrogens with zero attached hydrogens (tertiary/aromatic N) is 3. The van der Waals surface area contributed by atoms with Gasteiger partial charge in [-0.15, -0.1) is 0 Å². The van der Waals surface area contributed by atoms with Gasteiger partial charge in [-0.25, -0.2) is 4.98 Å². The molecule has 0 aliphatic carbocycles. The van der Waals surface area contributed by atoms with Crippen LogP contribution in [0.4, 0.5) is 5.69 Å². The van der Waals surface area contributed by atoms with Crippen LogP contribution in [-0.4, -0.2) is 16.1 Å². The summed E-state index contributed by atoms with van der Waals surface area (Å²) in [4.78, 5) is 7.18. The summed E-state index contributed by atoms with van der Waals surface area (Å²) in [6, 6.07) is 10.8. The number of rotatable bonds is 4. The summed E-state index contributed by atoms with van der Waals surface area (Å²) in [6.07, 6.45) is 2.23. The molecule has 0 radical (unpaired) electrons. The molecule has 0 saturated carbocycles. The average Bonchev–Trinajstić information content (AvgIpc) is 2.89. The van der Waals surface area contributed by atoms with Gasteiger partial charge in [0.15, 0.2) is 0 Å². The number of aryl methyl sites for hydroxylation is 2. The molecule has 27 heavy (non-hydrogen) atoms. The van der Waals surface area contributed by atoms with E-state index in [2.05, 4.69) is 67.5 Å². The van der Waals surface area contributed by atoms with Gasteiger partial charge in [-0.05, 0) is 49.3 Å². The molecule has 0 spiro atoms. The third-order valence-electron chi connectivity index (χ3n) is 5.92. The summed E-state index contributed by atoms with van der Waals surface area (Å²) in [5, 5.41) is 0.584. The predicted octanol–water partition coefficient (Wildman–Crippen LogP) is 5.92. The quantitative estimate of drug-likeness (QED) is 0.523. The molecule has 0 amide bonds. The maximum absolute atomic E-state index is 6.46. The molecule has 1 aliphatic rings. The predicted molar refractivity (Wildman–Crippen MR) is 115 cm³/mol. The zero-order valence-corrected chi connectivity index (χ0v) is 17.5. The number of halogens is 1. The van der Waals surface area contributed by atoms with Crippen molar-refractivity contribution < 1.29 is 0 Å². The van der Waals surface area contributed by atoms with E-state index in [-0.39, 0.29) is 0 Å².